The summed E-state index contributed by atoms with van der Waals surface area (Å²) in [7, 11) is 0. The second kappa shape index (κ2) is 5.53. The Hall–Kier alpha value is -2.04. The van der Waals surface area contributed by atoms with Gasteiger partial charge in [-0.25, -0.2) is 0 Å². The Morgan fingerprint density at radius 3 is 1.85 bits per heavy atom. The standard InChI is InChI=1S/C14H8O4.2ClH/c15-10-6-5-9-11(14(10)18)13(17)8-4-2-1-3-7(8)12(9)16;;/h1-6,15,18H;2*1H. The van der Waals surface area contributed by atoms with E-state index in [0.29, 0.717) is 5.56 Å². The summed E-state index contributed by atoms with van der Waals surface area (Å²) >= 11 is 0. The number of ketones is 2. The van der Waals surface area contributed by atoms with Crippen LogP contribution < -0.4 is 0 Å². The Morgan fingerprint density at radius 2 is 1.25 bits per heavy atom. The molecule has 0 spiro atoms. The highest BCUT2D eigenvalue weighted by atomic mass is 35.5. The lowest BCUT2D eigenvalue weighted by Crippen LogP contribution is -2.20. The van der Waals surface area contributed by atoms with Gasteiger partial charge in [-0.2, -0.15) is 0 Å². The Balaban J connectivity index is 0.000001000. The van der Waals surface area contributed by atoms with E-state index in [1.807, 2.05) is 0 Å². The smallest absolute Gasteiger partial charge is 0.198 e. The van der Waals surface area contributed by atoms with Crippen molar-refractivity contribution in [2.75, 3.05) is 0 Å². The quantitative estimate of drug-likeness (QED) is 0.626. The maximum atomic E-state index is 12.2. The molecule has 2 aromatic carbocycles. The number of hydrogen-bond acceptors (Lipinski definition) is 4. The minimum atomic E-state index is -0.541. The number of benzene rings is 2. The van der Waals surface area contributed by atoms with Gasteiger partial charge in [0.25, 0.3) is 0 Å². The molecule has 4 nitrogen and oxygen atoms in total. The topological polar surface area (TPSA) is 74.6 Å². The Labute approximate surface area is 126 Å². The van der Waals surface area contributed by atoms with E-state index in [9.17, 15) is 19.8 Å². The molecular weight excluding hydrogens is 303 g/mol. The fourth-order valence-electron chi connectivity index (χ4n) is 2.16. The van der Waals surface area contributed by atoms with Crippen LogP contribution in [-0.4, -0.2) is 21.8 Å². The zero-order valence-electron chi connectivity index (χ0n) is 9.99. The molecule has 0 saturated carbocycles. The predicted molar refractivity (Wildman–Crippen MR) is 77.6 cm³/mol. The number of hydrogen-bond donors (Lipinski definition) is 2. The van der Waals surface area contributed by atoms with E-state index in [2.05, 4.69) is 0 Å². The number of fused-ring (bicyclic) bond motifs is 2. The number of carbonyl (C=O) groups is 2. The van der Waals surface area contributed by atoms with Gasteiger partial charge in [-0.3, -0.25) is 9.59 Å². The van der Waals surface area contributed by atoms with E-state index in [1.165, 1.54) is 18.2 Å². The van der Waals surface area contributed by atoms with Crippen LogP contribution >= 0.6 is 24.8 Å². The summed E-state index contributed by atoms with van der Waals surface area (Å²) in [5.74, 6) is -1.72. The number of halogens is 2. The van der Waals surface area contributed by atoms with Crippen LogP contribution in [0, 0.1) is 0 Å². The summed E-state index contributed by atoms with van der Waals surface area (Å²) < 4.78 is 0. The fourth-order valence-corrected chi connectivity index (χ4v) is 2.16. The van der Waals surface area contributed by atoms with E-state index in [4.69, 9.17) is 0 Å². The van der Waals surface area contributed by atoms with Crippen LogP contribution in [0.25, 0.3) is 0 Å². The van der Waals surface area contributed by atoms with Crippen molar-refractivity contribution >= 4 is 36.4 Å². The SMILES string of the molecule is Cl.Cl.O=C1c2ccccc2C(=O)c2c1ccc(O)c2O. The first-order valence-electron chi connectivity index (χ1n) is 5.34. The Kier molecular flexibility index (Phi) is 4.43. The number of aromatic hydroxyl groups is 2. The molecule has 104 valence electrons. The van der Waals surface area contributed by atoms with Crippen LogP contribution in [-0.2, 0) is 0 Å². The van der Waals surface area contributed by atoms with Gasteiger partial charge in [-0.15, -0.1) is 24.8 Å². The average Bonchev–Trinajstić information content (AvgIpc) is 2.39. The third kappa shape index (κ3) is 2.03. The van der Waals surface area contributed by atoms with Gasteiger partial charge in [0.1, 0.15) is 0 Å². The first-order valence-corrected chi connectivity index (χ1v) is 5.34. The maximum absolute atomic E-state index is 12.2. The van der Waals surface area contributed by atoms with Gasteiger partial charge in [0.2, 0.25) is 0 Å². The summed E-state index contributed by atoms with van der Waals surface area (Å²) in [6.45, 7) is 0. The summed E-state index contributed by atoms with van der Waals surface area (Å²) in [4.78, 5) is 24.4. The number of phenols is 2. The molecule has 2 aromatic rings. The van der Waals surface area contributed by atoms with Crippen LogP contribution in [0.15, 0.2) is 36.4 Å². The molecule has 0 amide bonds. The van der Waals surface area contributed by atoms with Crippen LogP contribution in [0.1, 0.15) is 31.8 Å². The third-order valence-electron chi connectivity index (χ3n) is 3.04. The van der Waals surface area contributed by atoms with Crippen molar-refractivity contribution in [1.82, 2.24) is 0 Å². The van der Waals surface area contributed by atoms with E-state index in [1.54, 1.807) is 18.2 Å². The van der Waals surface area contributed by atoms with Crippen molar-refractivity contribution in [1.29, 1.82) is 0 Å². The van der Waals surface area contributed by atoms with Crippen molar-refractivity contribution in [2.45, 2.75) is 0 Å². The molecule has 0 aliphatic heterocycles. The molecule has 0 saturated heterocycles. The fraction of sp³-hybridized carbons (Fsp3) is 0. The molecule has 0 radical (unpaired) electrons. The molecule has 20 heavy (non-hydrogen) atoms. The molecule has 0 bridgehead atoms. The van der Waals surface area contributed by atoms with Gasteiger partial charge in [0, 0.05) is 16.7 Å². The lowest BCUT2D eigenvalue weighted by Gasteiger charge is -2.18. The molecule has 0 heterocycles. The highest BCUT2D eigenvalue weighted by Gasteiger charge is 2.32. The van der Waals surface area contributed by atoms with Crippen LogP contribution in [0.2, 0.25) is 0 Å². The van der Waals surface area contributed by atoms with E-state index < -0.39 is 17.3 Å². The zero-order valence-corrected chi connectivity index (χ0v) is 11.6. The van der Waals surface area contributed by atoms with Crippen molar-refractivity contribution in [3.8, 4) is 11.5 Å². The predicted octanol–water partition coefficient (Wildman–Crippen LogP) is 2.72. The molecule has 0 unspecified atom stereocenters. The lowest BCUT2D eigenvalue weighted by atomic mass is 9.83. The van der Waals surface area contributed by atoms with Crippen molar-refractivity contribution in [3.63, 3.8) is 0 Å². The summed E-state index contributed by atoms with van der Waals surface area (Å²) in [6.07, 6.45) is 0. The van der Waals surface area contributed by atoms with E-state index >= 15 is 0 Å². The van der Waals surface area contributed by atoms with E-state index in [-0.39, 0.29) is 47.3 Å². The number of rotatable bonds is 0. The van der Waals surface area contributed by atoms with Gasteiger partial charge in [0.05, 0.1) is 5.56 Å². The first kappa shape index (κ1) is 16.0. The maximum Gasteiger partial charge on any atom is 0.198 e. The van der Waals surface area contributed by atoms with Gasteiger partial charge >= 0.3 is 0 Å². The van der Waals surface area contributed by atoms with E-state index in [0.717, 1.165) is 0 Å². The van der Waals surface area contributed by atoms with Gasteiger partial charge in [-0.05, 0) is 12.1 Å². The molecule has 1 aliphatic carbocycles. The third-order valence-corrected chi connectivity index (χ3v) is 3.04. The average molecular weight is 313 g/mol. The summed E-state index contributed by atoms with van der Waals surface area (Å²) in [5, 5.41) is 19.1. The molecular formula is C14H10Cl2O4. The van der Waals surface area contributed by atoms with Gasteiger partial charge in [0.15, 0.2) is 23.1 Å². The van der Waals surface area contributed by atoms with Gasteiger partial charge in [-0.1, -0.05) is 24.3 Å². The second-order valence-electron chi connectivity index (χ2n) is 4.06. The van der Waals surface area contributed by atoms with Gasteiger partial charge < -0.3 is 10.2 Å². The zero-order chi connectivity index (χ0) is 12.9. The van der Waals surface area contributed by atoms with Crippen LogP contribution in [0.4, 0.5) is 0 Å². The summed E-state index contributed by atoms with van der Waals surface area (Å²) in [5.41, 5.74) is 0.559. The molecule has 0 fully saturated rings. The summed E-state index contributed by atoms with van der Waals surface area (Å²) in [6, 6.07) is 8.97. The largest absolute Gasteiger partial charge is 0.504 e. The first-order chi connectivity index (χ1) is 8.61. The second-order valence-corrected chi connectivity index (χ2v) is 4.06. The lowest BCUT2D eigenvalue weighted by molar-refractivity contribution is 0.0976. The molecule has 2 N–H and O–H groups in total. The molecule has 3 rings (SSSR count). The molecule has 1 aliphatic rings. The Bertz CT molecular complexity index is 710. The highest BCUT2D eigenvalue weighted by Crippen LogP contribution is 2.37. The number of carbonyl (C=O) groups excluding carboxylic acids is 2. The van der Waals surface area contributed by atoms with Crippen molar-refractivity contribution in [2.24, 2.45) is 0 Å². The normalized spacial score (nSPS) is 11.8. The molecule has 0 atom stereocenters. The number of phenolic OH excluding ortho intramolecular Hbond substituents is 2. The molecule has 6 heteroatoms. The van der Waals surface area contributed by atoms with Crippen LogP contribution in [0.5, 0.6) is 11.5 Å². The van der Waals surface area contributed by atoms with Crippen molar-refractivity contribution < 1.29 is 19.8 Å². The highest BCUT2D eigenvalue weighted by molar-refractivity contribution is 6.29. The minimum absolute atomic E-state index is 0. The van der Waals surface area contributed by atoms with Crippen LogP contribution in [0.3, 0.4) is 0 Å². The van der Waals surface area contributed by atoms with Crippen molar-refractivity contribution in [3.05, 3.63) is 58.7 Å². The Morgan fingerprint density at radius 1 is 0.700 bits per heavy atom. The minimum Gasteiger partial charge on any atom is -0.504 e. The monoisotopic (exact) mass is 312 g/mol. The molecule has 0 aromatic heterocycles.